The van der Waals surface area contributed by atoms with E-state index in [-0.39, 0.29) is 51.9 Å². The van der Waals surface area contributed by atoms with E-state index in [0.29, 0.717) is 31.1 Å². The number of allylic oxidation sites excluding steroid dienone is 2. The van der Waals surface area contributed by atoms with Gasteiger partial charge in [-0.1, -0.05) is 46.8 Å². The van der Waals surface area contributed by atoms with E-state index in [9.17, 15) is 19.5 Å². The van der Waals surface area contributed by atoms with Gasteiger partial charge in [0.2, 0.25) is 0 Å². The predicted molar refractivity (Wildman–Crippen MR) is 134 cm³/mol. The Kier molecular flexibility index (Phi) is 6.64. The van der Waals surface area contributed by atoms with Crippen LogP contribution in [0, 0.1) is 46.3 Å². The zero-order valence-electron chi connectivity index (χ0n) is 22.1. The number of rotatable bonds is 6. The highest BCUT2D eigenvalue weighted by atomic mass is 16.3. The molecule has 34 heavy (non-hydrogen) atoms. The molecule has 4 aliphatic carbocycles. The van der Waals surface area contributed by atoms with Crippen molar-refractivity contribution in [1.82, 2.24) is 0 Å². The van der Waals surface area contributed by atoms with Crippen molar-refractivity contribution < 1.29 is 19.5 Å². The maximum absolute atomic E-state index is 13.9. The summed E-state index contributed by atoms with van der Waals surface area (Å²) in [5.74, 6) is 1.62. The Hall–Kier alpha value is -1.55. The van der Waals surface area contributed by atoms with Crippen LogP contribution in [0.15, 0.2) is 23.3 Å². The molecule has 0 amide bonds. The normalized spacial score (nSPS) is 41.4. The van der Waals surface area contributed by atoms with Crippen LogP contribution in [0.3, 0.4) is 0 Å². The van der Waals surface area contributed by atoms with Gasteiger partial charge in [0.05, 0.1) is 6.10 Å². The topological polar surface area (TPSA) is 71.4 Å². The van der Waals surface area contributed by atoms with Gasteiger partial charge in [-0.15, -0.1) is 0 Å². The average Bonchev–Trinajstić information content (AvgIpc) is 3.11. The molecule has 0 spiro atoms. The first kappa shape index (κ1) is 25.5. The Morgan fingerprint density at radius 3 is 2.53 bits per heavy atom. The van der Waals surface area contributed by atoms with Gasteiger partial charge in [-0.05, 0) is 80.1 Å². The lowest BCUT2D eigenvalue weighted by molar-refractivity contribution is -0.135. The van der Waals surface area contributed by atoms with Crippen LogP contribution in [0.25, 0.3) is 0 Å². The van der Waals surface area contributed by atoms with Crippen molar-refractivity contribution in [2.24, 2.45) is 46.3 Å². The lowest BCUT2D eigenvalue weighted by Gasteiger charge is -2.55. The molecule has 188 valence electrons. The zero-order valence-corrected chi connectivity index (χ0v) is 22.1. The number of hydrogen-bond acceptors (Lipinski definition) is 4. The highest BCUT2D eigenvalue weighted by Gasteiger charge is 2.61. The van der Waals surface area contributed by atoms with E-state index >= 15 is 0 Å². The molecule has 2 saturated carbocycles. The lowest BCUT2D eigenvalue weighted by atomic mass is 9.48. The van der Waals surface area contributed by atoms with Gasteiger partial charge in [0, 0.05) is 35.7 Å². The Bertz CT molecular complexity index is 943. The van der Waals surface area contributed by atoms with Gasteiger partial charge in [-0.25, -0.2) is 0 Å². The molecule has 9 atom stereocenters. The second-order valence-electron chi connectivity index (χ2n) is 12.7. The third-order valence-corrected chi connectivity index (χ3v) is 11.0. The molecular formula is C30H44O4. The second kappa shape index (κ2) is 8.84. The molecule has 0 aliphatic heterocycles. The monoisotopic (exact) mass is 468 g/mol. The fourth-order valence-corrected chi connectivity index (χ4v) is 8.61. The Morgan fingerprint density at radius 1 is 1.21 bits per heavy atom. The molecule has 0 heterocycles. The maximum atomic E-state index is 13.9. The van der Waals surface area contributed by atoms with E-state index < -0.39 is 6.10 Å². The van der Waals surface area contributed by atoms with Crippen molar-refractivity contribution in [1.29, 1.82) is 0 Å². The summed E-state index contributed by atoms with van der Waals surface area (Å²) in [6.45, 7) is 16.5. The van der Waals surface area contributed by atoms with Crippen LogP contribution in [0.1, 0.15) is 92.9 Å². The Labute approximate surface area is 205 Å². The van der Waals surface area contributed by atoms with Crippen LogP contribution in [0.2, 0.25) is 0 Å². The number of ketones is 3. The summed E-state index contributed by atoms with van der Waals surface area (Å²) >= 11 is 0. The van der Waals surface area contributed by atoms with Gasteiger partial charge in [0.15, 0.2) is 5.78 Å². The summed E-state index contributed by atoms with van der Waals surface area (Å²) in [5, 5.41) is 11.4. The van der Waals surface area contributed by atoms with Crippen molar-refractivity contribution in [2.75, 3.05) is 0 Å². The van der Waals surface area contributed by atoms with Crippen LogP contribution in [-0.2, 0) is 14.4 Å². The third kappa shape index (κ3) is 3.79. The van der Waals surface area contributed by atoms with Crippen molar-refractivity contribution in [3.8, 4) is 0 Å². The molecule has 4 aliphatic rings. The largest absolute Gasteiger partial charge is 0.389 e. The van der Waals surface area contributed by atoms with Gasteiger partial charge in [-0.3, -0.25) is 14.4 Å². The van der Waals surface area contributed by atoms with E-state index in [2.05, 4.69) is 27.4 Å². The van der Waals surface area contributed by atoms with E-state index in [0.717, 1.165) is 48.8 Å². The molecule has 0 aromatic carbocycles. The van der Waals surface area contributed by atoms with Crippen molar-refractivity contribution in [3.05, 3.63) is 23.3 Å². The first-order valence-corrected chi connectivity index (χ1v) is 13.5. The number of Topliss-reactive ketones (excluding diaryl/α,β-unsaturated/α-hetero) is 3. The Morgan fingerprint density at radius 2 is 1.88 bits per heavy atom. The van der Waals surface area contributed by atoms with Crippen molar-refractivity contribution >= 4 is 17.3 Å². The fraction of sp³-hybridized carbons (Fsp3) is 0.767. The molecule has 4 heteroatoms. The van der Waals surface area contributed by atoms with Gasteiger partial charge >= 0.3 is 0 Å². The van der Waals surface area contributed by atoms with E-state index in [1.807, 2.05) is 13.8 Å². The number of aliphatic hydroxyl groups is 1. The Balaban J connectivity index is 1.61. The van der Waals surface area contributed by atoms with Gasteiger partial charge in [0.25, 0.3) is 0 Å². The smallest absolute Gasteiger partial charge is 0.160 e. The van der Waals surface area contributed by atoms with Crippen LogP contribution in [0.5, 0.6) is 0 Å². The first-order chi connectivity index (χ1) is 15.8. The van der Waals surface area contributed by atoms with E-state index in [1.165, 1.54) is 0 Å². The van der Waals surface area contributed by atoms with Gasteiger partial charge in [-0.2, -0.15) is 0 Å². The minimum absolute atomic E-state index is 0.0567. The van der Waals surface area contributed by atoms with Crippen LogP contribution in [0.4, 0.5) is 0 Å². The molecule has 0 radical (unpaired) electrons. The van der Waals surface area contributed by atoms with Crippen molar-refractivity contribution in [2.45, 2.75) is 99.0 Å². The lowest BCUT2D eigenvalue weighted by Crippen LogP contribution is -2.54. The number of hydrogen-bond donors (Lipinski definition) is 1. The highest BCUT2D eigenvalue weighted by Crippen LogP contribution is 2.65. The summed E-state index contributed by atoms with van der Waals surface area (Å²) < 4.78 is 0. The summed E-state index contributed by atoms with van der Waals surface area (Å²) in [4.78, 5) is 38.1. The number of carbonyl (C=O) groups is 3. The number of aliphatic hydroxyl groups excluding tert-OH is 1. The molecule has 4 rings (SSSR count). The second-order valence-corrected chi connectivity index (χ2v) is 12.7. The molecule has 0 aromatic rings. The third-order valence-electron chi connectivity index (χ3n) is 11.0. The van der Waals surface area contributed by atoms with Gasteiger partial charge < -0.3 is 5.11 Å². The zero-order chi connectivity index (χ0) is 25.2. The van der Waals surface area contributed by atoms with Crippen LogP contribution in [-0.4, -0.2) is 28.6 Å². The minimum atomic E-state index is -0.611. The number of fused-ring (bicyclic) bond motifs is 4. The van der Waals surface area contributed by atoms with E-state index in [1.54, 1.807) is 6.92 Å². The van der Waals surface area contributed by atoms with Crippen LogP contribution >= 0.6 is 0 Å². The number of carbonyl (C=O) groups excluding carboxylic acids is 3. The van der Waals surface area contributed by atoms with Gasteiger partial charge in [0.1, 0.15) is 11.6 Å². The minimum Gasteiger partial charge on any atom is -0.389 e. The molecular weight excluding hydrogens is 424 g/mol. The maximum Gasteiger partial charge on any atom is 0.160 e. The van der Waals surface area contributed by atoms with Crippen LogP contribution < -0.4 is 0 Å². The quantitative estimate of drug-likeness (QED) is 0.495. The molecule has 1 N–H and O–H groups in total. The standard InChI is InChI=1S/C30H44O4/c1-16(18(3)20(5)31)8-9-17(2)21-10-11-22-27-25(33)14-23-19(4)24(32)12-13-29(23,6)28(27)26(34)15-30(21,22)7/h17-19,21-23,25,33H,1,8-15H2,2-7H3/t17-,18?,19+,21?,22?,23?,25+,29+,30-/m1/s1. The van der Waals surface area contributed by atoms with E-state index in [4.69, 9.17) is 0 Å². The fourth-order valence-electron chi connectivity index (χ4n) is 8.61. The summed E-state index contributed by atoms with van der Waals surface area (Å²) in [7, 11) is 0. The molecule has 4 unspecified atom stereocenters. The molecule has 0 aromatic heterocycles. The molecule has 0 saturated heterocycles. The highest BCUT2D eigenvalue weighted by molar-refractivity contribution is 6.00. The SMILES string of the molecule is C=C(CC[C@@H](C)C1CCC2C3=C(C(=O)C[C@@]21C)[C@@]1(C)CCC(=O)[C@@H](C)C1C[C@@H]3O)C(C)C(C)=O. The summed E-state index contributed by atoms with van der Waals surface area (Å²) in [6, 6.07) is 0. The predicted octanol–water partition coefficient (Wildman–Crippen LogP) is 5.87. The molecule has 2 fully saturated rings. The summed E-state index contributed by atoms with van der Waals surface area (Å²) in [6.07, 6.45) is 5.73. The average molecular weight is 469 g/mol. The molecule has 4 nitrogen and oxygen atoms in total. The van der Waals surface area contributed by atoms with Crippen molar-refractivity contribution in [3.63, 3.8) is 0 Å². The molecule has 0 bridgehead atoms. The first-order valence-electron chi connectivity index (χ1n) is 13.5. The summed E-state index contributed by atoms with van der Waals surface area (Å²) in [5.41, 5.74) is 2.51.